The zero-order chi connectivity index (χ0) is 18.2. The summed E-state index contributed by atoms with van der Waals surface area (Å²) in [5.41, 5.74) is 7.49. The van der Waals surface area contributed by atoms with E-state index in [9.17, 15) is 9.59 Å². The first-order valence-electron chi connectivity index (χ1n) is 8.03. The molecule has 0 heterocycles. The van der Waals surface area contributed by atoms with Crippen molar-refractivity contribution in [3.63, 3.8) is 0 Å². The van der Waals surface area contributed by atoms with Gasteiger partial charge in [-0.2, -0.15) is 0 Å². The van der Waals surface area contributed by atoms with Crippen molar-refractivity contribution in [2.75, 3.05) is 32.1 Å². The number of methoxy groups -OCH3 is 1. The van der Waals surface area contributed by atoms with Gasteiger partial charge < -0.3 is 20.7 Å². The number of likely N-dealkylation sites (N-methyl/N-ethyl adjacent to an activating group) is 1. The van der Waals surface area contributed by atoms with Gasteiger partial charge in [0.25, 0.3) is 5.91 Å². The molecular formula is C19H23N3O3. The third-order valence-corrected chi connectivity index (χ3v) is 3.92. The van der Waals surface area contributed by atoms with Crippen LogP contribution in [0, 0.1) is 0 Å². The second-order valence-electron chi connectivity index (χ2n) is 5.53. The first-order valence-corrected chi connectivity index (χ1v) is 8.03. The van der Waals surface area contributed by atoms with E-state index in [1.165, 1.54) is 4.90 Å². The third-order valence-electron chi connectivity index (χ3n) is 3.92. The van der Waals surface area contributed by atoms with Crippen molar-refractivity contribution in [1.82, 2.24) is 5.32 Å². The number of para-hydroxylation sites is 1. The highest BCUT2D eigenvalue weighted by Crippen LogP contribution is 2.19. The number of ether oxygens (including phenoxy) is 1. The molecule has 0 unspecified atom stereocenters. The Kier molecular flexibility index (Phi) is 6.54. The lowest BCUT2D eigenvalue weighted by Gasteiger charge is -2.19. The Morgan fingerprint density at radius 3 is 2.44 bits per heavy atom. The van der Waals surface area contributed by atoms with Gasteiger partial charge in [-0.3, -0.25) is 9.59 Å². The lowest BCUT2D eigenvalue weighted by molar-refractivity contribution is -0.117. The van der Waals surface area contributed by atoms with E-state index < -0.39 is 0 Å². The fourth-order valence-corrected chi connectivity index (χ4v) is 2.44. The fraction of sp³-hybridized carbons (Fsp3) is 0.263. The number of rotatable bonds is 7. The molecule has 0 saturated carbocycles. The Hall–Kier alpha value is -2.86. The van der Waals surface area contributed by atoms with E-state index in [1.807, 2.05) is 24.3 Å². The third kappa shape index (κ3) is 4.81. The Morgan fingerprint density at radius 2 is 1.80 bits per heavy atom. The summed E-state index contributed by atoms with van der Waals surface area (Å²) in [7, 11) is 3.23. The fourth-order valence-electron chi connectivity index (χ4n) is 2.44. The zero-order valence-corrected chi connectivity index (χ0v) is 14.5. The van der Waals surface area contributed by atoms with Gasteiger partial charge in [0, 0.05) is 13.6 Å². The number of benzene rings is 2. The van der Waals surface area contributed by atoms with Crippen molar-refractivity contribution in [3.05, 3.63) is 59.7 Å². The summed E-state index contributed by atoms with van der Waals surface area (Å²) in [6.07, 6.45) is 0.704. The van der Waals surface area contributed by atoms with Gasteiger partial charge in [0.15, 0.2) is 0 Å². The van der Waals surface area contributed by atoms with Crippen molar-refractivity contribution in [2.24, 2.45) is 5.73 Å². The van der Waals surface area contributed by atoms with Crippen molar-refractivity contribution in [2.45, 2.75) is 6.42 Å². The van der Waals surface area contributed by atoms with Crippen LogP contribution in [-0.2, 0) is 11.2 Å². The predicted octanol–water partition coefficient (Wildman–Crippen LogP) is 1.59. The molecule has 0 radical (unpaired) electrons. The number of hydrogen-bond acceptors (Lipinski definition) is 4. The molecule has 6 nitrogen and oxygen atoms in total. The van der Waals surface area contributed by atoms with Gasteiger partial charge in [-0.1, -0.05) is 24.3 Å². The largest absolute Gasteiger partial charge is 0.497 e. The summed E-state index contributed by atoms with van der Waals surface area (Å²) in [4.78, 5) is 25.7. The Balaban J connectivity index is 1.99. The van der Waals surface area contributed by atoms with Gasteiger partial charge in [0.2, 0.25) is 5.91 Å². The SMILES string of the molecule is COc1ccc(CCNC(=O)c2ccccc2N(C)C(=O)CN)cc1. The maximum absolute atomic E-state index is 12.5. The molecule has 2 aromatic carbocycles. The van der Waals surface area contributed by atoms with Crippen LogP contribution in [0.1, 0.15) is 15.9 Å². The van der Waals surface area contributed by atoms with Crippen LogP contribution in [0.15, 0.2) is 48.5 Å². The van der Waals surface area contributed by atoms with Crippen LogP contribution < -0.4 is 20.7 Å². The lowest BCUT2D eigenvalue weighted by Crippen LogP contribution is -2.35. The lowest BCUT2D eigenvalue weighted by atomic mass is 10.1. The molecule has 0 saturated heterocycles. The number of nitrogens with one attached hydrogen (secondary N) is 1. The van der Waals surface area contributed by atoms with E-state index in [4.69, 9.17) is 10.5 Å². The summed E-state index contributed by atoms with van der Waals surface area (Å²) in [6, 6.07) is 14.7. The highest BCUT2D eigenvalue weighted by atomic mass is 16.5. The maximum Gasteiger partial charge on any atom is 0.253 e. The van der Waals surface area contributed by atoms with Crippen LogP contribution in [0.2, 0.25) is 0 Å². The van der Waals surface area contributed by atoms with Crippen molar-refractivity contribution < 1.29 is 14.3 Å². The van der Waals surface area contributed by atoms with Crippen LogP contribution in [0.3, 0.4) is 0 Å². The smallest absolute Gasteiger partial charge is 0.253 e. The highest BCUT2D eigenvalue weighted by molar-refractivity contribution is 6.04. The minimum absolute atomic E-state index is 0.107. The Morgan fingerprint density at radius 1 is 1.12 bits per heavy atom. The number of carbonyl (C=O) groups excluding carboxylic acids is 2. The number of carbonyl (C=O) groups is 2. The average molecular weight is 341 g/mol. The van der Waals surface area contributed by atoms with Gasteiger partial charge in [-0.25, -0.2) is 0 Å². The first-order chi connectivity index (χ1) is 12.1. The second-order valence-corrected chi connectivity index (χ2v) is 5.53. The van der Waals surface area contributed by atoms with E-state index in [0.717, 1.165) is 11.3 Å². The molecule has 0 fully saturated rings. The van der Waals surface area contributed by atoms with Gasteiger partial charge in [0.1, 0.15) is 5.75 Å². The Labute approximate surface area is 147 Å². The van der Waals surface area contributed by atoms with Gasteiger partial charge in [0.05, 0.1) is 24.9 Å². The molecule has 0 aliphatic carbocycles. The number of nitrogens with zero attached hydrogens (tertiary/aromatic N) is 1. The standard InChI is InChI=1S/C19H23N3O3/c1-22(18(23)13-20)17-6-4-3-5-16(17)19(24)21-12-11-14-7-9-15(25-2)10-8-14/h3-10H,11-13,20H2,1-2H3,(H,21,24). The minimum Gasteiger partial charge on any atom is -0.497 e. The van der Waals surface area contributed by atoms with Gasteiger partial charge >= 0.3 is 0 Å². The van der Waals surface area contributed by atoms with E-state index in [1.54, 1.807) is 38.4 Å². The molecular weight excluding hydrogens is 318 g/mol. The number of amides is 2. The highest BCUT2D eigenvalue weighted by Gasteiger charge is 2.17. The molecule has 25 heavy (non-hydrogen) atoms. The molecule has 132 valence electrons. The summed E-state index contributed by atoms with van der Waals surface area (Å²) >= 11 is 0. The number of anilines is 1. The van der Waals surface area contributed by atoms with Crippen LogP contribution in [-0.4, -0.2) is 39.1 Å². The second kappa shape index (κ2) is 8.84. The molecule has 3 N–H and O–H groups in total. The number of hydrogen-bond donors (Lipinski definition) is 2. The summed E-state index contributed by atoms with van der Waals surface area (Å²) in [5.74, 6) is 0.327. The molecule has 0 bridgehead atoms. The molecule has 2 amide bonds. The number of nitrogens with two attached hydrogens (primary N) is 1. The zero-order valence-electron chi connectivity index (χ0n) is 14.5. The summed E-state index contributed by atoms with van der Waals surface area (Å²) in [5, 5.41) is 2.89. The monoisotopic (exact) mass is 341 g/mol. The average Bonchev–Trinajstić information content (AvgIpc) is 2.67. The molecule has 0 aliphatic heterocycles. The molecule has 0 spiro atoms. The predicted molar refractivity (Wildman–Crippen MR) is 97.9 cm³/mol. The van der Waals surface area contributed by atoms with E-state index in [0.29, 0.717) is 24.2 Å². The van der Waals surface area contributed by atoms with Crippen LogP contribution in [0.5, 0.6) is 5.75 Å². The molecule has 2 rings (SSSR count). The van der Waals surface area contributed by atoms with Crippen LogP contribution in [0.4, 0.5) is 5.69 Å². The molecule has 6 heteroatoms. The molecule has 0 aliphatic rings. The minimum atomic E-state index is -0.251. The van der Waals surface area contributed by atoms with Gasteiger partial charge in [-0.15, -0.1) is 0 Å². The summed E-state index contributed by atoms with van der Waals surface area (Å²) in [6.45, 7) is 0.387. The van der Waals surface area contributed by atoms with E-state index >= 15 is 0 Å². The van der Waals surface area contributed by atoms with Crippen molar-refractivity contribution in [1.29, 1.82) is 0 Å². The quantitative estimate of drug-likeness (QED) is 0.801. The molecule has 0 aromatic heterocycles. The van der Waals surface area contributed by atoms with E-state index in [-0.39, 0.29) is 18.4 Å². The van der Waals surface area contributed by atoms with Crippen LogP contribution in [0.25, 0.3) is 0 Å². The van der Waals surface area contributed by atoms with Crippen molar-refractivity contribution >= 4 is 17.5 Å². The Bertz CT molecular complexity index is 729. The normalized spacial score (nSPS) is 10.2. The van der Waals surface area contributed by atoms with E-state index in [2.05, 4.69) is 5.32 Å². The topological polar surface area (TPSA) is 84.7 Å². The van der Waals surface area contributed by atoms with Crippen LogP contribution >= 0.6 is 0 Å². The first kappa shape index (κ1) is 18.5. The maximum atomic E-state index is 12.5. The van der Waals surface area contributed by atoms with Crippen molar-refractivity contribution in [3.8, 4) is 5.75 Å². The summed E-state index contributed by atoms with van der Waals surface area (Å²) < 4.78 is 5.12. The molecule has 2 aromatic rings. The van der Waals surface area contributed by atoms with Gasteiger partial charge in [-0.05, 0) is 36.2 Å². The molecule has 0 atom stereocenters.